The SMILES string of the molecule is CCCCCCCOc1cc(Cl)ccc1N. The van der Waals surface area contributed by atoms with Gasteiger partial charge in [-0.25, -0.2) is 0 Å². The summed E-state index contributed by atoms with van der Waals surface area (Å²) in [6.07, 6.45) is 6.15. The second-order valence-corrected chi connectivity index (χ2v) is 4.38. The second kappa shape index (κ2) is 7.39. The zero-order chi connectivity index (χ0) is 11.8. The first kappa shape index (κ1) is 13.2. The quantitative estimate of drug-likeness (QED) is 0.572. The zero-order valence-corrected chi connectivity index (χ0v) is 10.6. The van der Waals surface area contributed by atoms with Gasteiger partial charge in [0, 0.05) is 11.1 Å². The lowest BCUT2D eigenvalue weighted by atomic mass is 10.2. The molecule has 0 aliphatic heterocycles. The van der Waals surface area contributed by atoms with Crippen molar-refractivity contribution in [2.75, 3.05) is 12.3 Å². The third-order valence-electron chi connectivity index (χ3n) is 2.48. The highest BCUT2D eigenvalue weighted by atomic mass is 35.5. The van der Waals surface area contributed by atoms with E-state index in [1.165, 1.54) is 25.7 Å². The number of benzene rings is 1. The molecule has 1 aromatic carbocycles. The Kier molecular flexibility index (Phi) is 6.09. The van der Waals surface area contributed by atoms with Crippen molar-refractivity contribution < 1.29 is 4.74 Å². The van der Waals surface area contributed by atoms with Crippen molar-refractivity contribution in [3.63, 3.8) is 0 Å². The number of unbranched alkanes of at least 4 members (excludes halogenated alkanes) is 4. The molecule has 0 spiro atoms. The Morgan fingerprint density at radius 2 is 1.94 bits per heavy atom. The van der Waals surface area contributed by atoms with Crippen LogP contribution < -0.4 is 10.5 Å². The van der Waals surface area contributed by atoms with Crippen LogP contribution in [0.25, 0.3) is 0 Å². The summed E-state index contributed by atoms with van der Waals surface area (Å²) >= 11 is 5.86. The highest BCUT2D eigenvalue weighted by molar-refractivity contribution is 6.30. The molecule has 0 aliphatic carbocycles. The van der Waals surface area contributed by atoms with Crippen LogP contribution in [0.1, 0.15) is 39.0 Å². The van der Waals surface area contributed by atoms with Crippen molar-refractivity contribution in [2.45, 2.75) is 39.0 Å². The topological polar surface area (TPSA) is 35.2 Å². The fourth-order valence-electron chi connectivity index (χ4n) is 1.52. The van der Waals surface area contributed by atoms with Crippen molar-refractivity contribution in [3.8, 4) is 5.75 Å². The number of nitrogens with two attached hydrogens (primary N) is 1. The van der Waals surface area contributed by atoms with E-state index in [9.17, 15) is 0 Å². The molecule has 0 amide bonds. The Labute approximate surface area is 103 Å². The Morgan fingerprint density at radius 1 is 1.19 bits per heavy atom. The summed E-state index contributed by atoms with van der Waals surface area (Å²) in [4.78, 5) is 0. The van der Waals surface area contributed by atoms with Crippen molar-refractivity contribution in [1.29, 1.82) is 0 Å². The minimum Gasteiger partial charge on any atom is -0.491 e. The monoisotopic (exact) mass is 241 g/mol. The number of halogens is 1. The van der Waals surface area contributed by atoms with Gasteiger partial charge in [-0.15, -0.1) is 0 Å². The Bertz CT molecular complexity index is 315. The lowest BCUT2D eigenvalue weighted by Crippen LogP contribution is -2.00. The molecule has 0 heterocycles. The van der Waals surface area contributed by atoms with Crippen molar-refractivity contribution in [1.82, 2.24) is 0 Å². The van der Waals surface area contributed by atoms with Crippen LogP contribution in [-0.2, 0) is 0 Å². The summed E-state index contributed by atoms with van der Waals surface area (Å²) in [6, 6.07) is 5.31. The molecular formula is C13H20ClNO. The van der Waals surface area contributed by atoms with E-state index >= 15 is 0 Å². The number of anilines is 1. The molecule has 1 rings (SSSR count). The van der Waals surface area contributed by atoms with Crippen LogP contribution in [0.5, 0.6) is 5.75 Å². The Morgan fingerprint density at radius 3 is 2.69 bits per heavy atom. The van der Waals surface area contributed by atoms with E-state index < -0.39 is 0 Å². The maximum absolute atomic E-state index is 5.86. The molecule has 1 aromatic rings. The predicted octanol–water partition coefficient (Wildman–Crippen LogP) is 4.27. The average molecular weight is 242 g/mol. The van der Waals surface area contributed by atoms with Crippen LogP contribution in [0.15, 0.2) is 18.2 Å². The maximum atomic E-state index is 5.86. The van der Waals surface area contributed by atoms with Crippen LogP contribution in [0.2, 0.25) is 5.02 Å². The van der Waals surface area contributed by atoms with E-state index in [0.29, 0.717) is 23.1 Å². The minimum absolute atomic E-state index is 0.651. The van der Waals surface area contributed by atoms with Crippen molar-refractivity contribution in [2.24, 2.45) is 0 Å². The molecule has 0 atom stereocenters. The van der Waals surface area contributed by atoms with Crippen LogP contribution in [0, 0.1) is 0 Å². The van der Waals surface area contributed by atoms with E-state index in [4.69, 9.17) is 22.1 Å². The third-order valence-corrected chi connectivity index (χ3v) is 2.72. The van der Waals surface area contributed by atoms with Crippen LogP contribution in [0.4, 0.5) is 5.69 Å². The van der Waals surface area contributed by atoms with Gasteiger partial charge < -0.3 is 10.5 Å². The average Bonchev–Trinajstić information content (AvgIpc) is 2.28. The molecule has 3 heteroatoms. The van der Waals surface area contributed by atoms with Crippen molar-refractivity contribution in [3.05, 3.63) is 23.2 Å². The molecule has 2 N–H and O–H groups in total. The first-order valence-corrected chi connectivity index (χ1v) is 6.29. The van der Waals surface area contributed by atoms with Gasteiger partial charge in [-0.2, -0.15) is 0 Å². The third kappa shape index (κ3) is 4.75. The van der Waals surface area contributed by atoms with Gasteiger partial charge in [0.25, 0.3) is 0 Å². The summed E-state index contributed by atoms with van der Waals surface area (Å²) in [5, 5.41) is 0.662. The van der Waals surface area contributed by atoms with Crippen LogP contribution in [0.3, 0.4) is 0 Å². The fraction of sp³-hybridized carbons (Fsp3) is 0.538. The molecule has 0 aliphatic rings. The van der Waals surface area contributed by atoms with Gasteiger partial charge >= 0.3 is 0 Å². The first-order valence-electron chi connectivity index (χ1n) is 5.92. The predicted molar refractivity (Wildman–Crippen MR) is 70.1 cm³/mol. The summed E-state index contributed by atoms with van der Waals surface area (Å²) in [6.45, 7) is 2.93. The van der Waals surface area contributed by atoms with Gasteiger partial charge in [0.1, 0.15) is 5.75 Å². The molecule has 0 saturated carbocycles. The van der Waals surface area contributed by atoms with E-state index in [-0.39, 0.29) is 0 Å². The molecule has 0 bridgehead atoms. The highest BCUT2D eigenvalue weighted by Crippen LogP contribution is 2.25. The van der Waals surface area contributed by atoms with Gasteiger partial charge in [0.05, 0.1) is 12.3 Å². The molecular weight excluding hydrogens is 222 g/mol. The first-order chi connectivity index (χ1) is 7.74. The Balaban J connectivity index is 2.23. The number of hydrogen-bond donors (Lipinski definition) is 1. The molecule has 90 valence electrons. The smallest absolute Gasteiger partial charge is 0.143 e. The van der Waals surface area contributed by atoms with Gasteiger partial charge in [0.15, 0.2) is 0 Å². The van der Waals surface area contributed by atoms with Gasteiger partial charge in [-0.1, -0.05) is 44.2 Å². The lowest BCUT2D eigenvalue weighted by molar-refractivity contribution is 0.306. The van der Waals surface area contributed by atoms with Gasteiger partial charge in [-0.05, 0) is 18.6 Å². The minimum atomic E-state index is 0.651. The van der Waals surface area contributed by atoms with Gasteiger partial charge in [-0.3, -0.25) is 0 Å². The molecule has 0 saturated heterocycles. The summed E-state index contributed by atoms with van der Waals surface area (Å²) < 4.78 is 5.59. The number of nitrogen functional groups attached to an aromatic ring is 1. The zero-order valence-electron chi connectivity index (χ0n) is 9.84. The summed E-state index contributed by atoms with van der Waals surface area (Å²) in [7, 11) is 0. The summed E-state index contributed by atoms with van der Waals surface area (Å²) in [5.74, 6) is 0.697. The molecule has 0 radical (unpaired) electrons. The van der Waals surface area contributed by atoms with E-state index in [0.717, 1.165) is 6.42 Å². The number of hydrogen-bond acceptors (Lipinski definition) is 2. The number of ether oxygens (including phenoxy) is 1. The van der Waals surface area contributed by atoms with E-state index in [2.05, 4.69) is 6.92 Å². The van der Waals surface area contributed by atoms with Gasteiger partial charge in [0.2, 0.25) is 0 Å². The molecule has 2 nitrogen and oxygen atoms in total. The van der Waals surface area contributed by atoms with E-state index in [1.54, 1.807) is 18.2 Å². The van der Waals surface area contributed by atoms with Crippen LogP contribution in [-0.4, -0.2) is 6.61 Å². The highest BCUT2D eigenvalue weighted by Gasteiger charge is 2.00. The lowest BCUT2D eigenvalue weighted by Gasteiger charge is -2.08. The van der Waals surface area contributed by atoms with Crippen molar-refractivity contribution >= 4 is 17.3 Å². The molecule has 16 heavy (non-hydrogen) atoms. The Hall–Kier alpha value is -0.890. The molecule has 0 aromatic heterocycles. The summed E-state index contributed by atoms with van der Waals surface area (Å²) in [5.41, 5.74) is 6.42. The standard InChI is InChI=1S/C13H20ClNO/c1-2-3-4-5-6-9-16-13-10-11(14)7-8-12(13)15/h7-8,10H,2-6,9,15H2,1H3. The normalized spacial score (nSPS) is 10.4. The number of rotatable bonds is 7. The van der Waals surface area contributed by atoms with Crippen LogP contribution >= 0.6 is 11.6 Å². The van der Waals surface area contributed by atoms with E-state index in [1.807, 2.05) is 0 Å². The maximum Gasteiger partial charge on any atom is 0.143 e. The molecule has 0 unspecified atom stereocenters. The largest absolute Gasteiger partial charge is 0.491 e. The molecule has 0 fully saturated rings. The fourth-order valence-corrected chi connectivity index (χ4v) is 1.68. The second-order valence-electron chi connectivity index (χ2n) is 3.94.